The van der Waals surface area contributed by atoms with Gasteiger partial charge >= 0.3 is 0 Å². The van der Waals surface area contributed by atoms with E-state index in [1.165, 1.54) is 25.7 Å². The molecule has 0 radical (unpaired) electrons. The average molecular weight is 276 g/mol. The summed E-state index contributed by atoms with van der Waals surface area (Å²) in [6.45, 7) is 6.84. The Bertz CT molecular complexity index is 461. The second kappa shape index (κ2) is 5.95. The Morgan fingerprint density at radius 3 is 2.95 bits per heavy atom. The molecule has 2 aliphatic rings. The molecule has 1 atom stereocenters. The van der Waals surface area contributed by atoms with Gasteiger partial charge in [-0.2, -0.15) is 0 Å². The highest BCUT2D eigenvalue weighted by molar-refractivity contribution is 5.51. The number of nitrogens with one attached hydrogen (secondary N) is 1. The van der Waals surface area contributed by atoms with Crippen molar-refractivity contribution in [3.8, 4) is 5.88 Å². The average Bonchev–Trinajstić information content (AvgIpc) is 3.17. The first-order valence-corrected chi connectivity index (χ1v) is 7.74. The van der Waals surface area contributed by atoms with E-state index in [0.29, 0.717) is 12.6 Å². The van der Waals surface area contributed by atoms with E-state index >= 15 is 0 Å². The van der Waals surface area contributed by atoms with Crippen LogP contribution in [0.1, 0.15) is 38.2 Å². The Kier molecular flexibility index (Phi) is 4.05. The predicted octanol–water partition coefficient (Wildman–Crippen LogP) is 1.90. The smallest absolute Gasteiger partial charge is 0.221 e. The highest BCUT2D eigenvalue weighted by Crippen LogP contribution is 2.30. The summed E-state index contributed by atoms with van der Waals surface area (Å²) in [5.41, 5.74) is 1.06. The molecular formula is C15H24N4O. The summed E-state index contributed by atoms with van der Waals surface area (Å²) in [6.07, 6.45) is 6.79. The molecular weight excluding hydrogens is 252 g/mol. The lowest BCUT2D eigenvalue weighted by Gasteiger charge is -2.27. The largest absolute Gasteiger partial charge is 0.478 e. The van der Waals surface area contributed by atoms with Gasteiger partial charge < -0.3 is 15.0 Å². The molecule has 110 valence electrons. The number of ether oxygens (including phenoxy) is 1. The standard InChI is InChI=1S/C15H24N4O/c1-3-20-15-11(2)14(17-10-18-15)19-8-4-5-13(19)9-16-12-6-7-12/h10,12-13,16H,3-9H2,1-2H3. The number of hydrogen-bond acceptors (Lipinski definition) is 5. The van der Waals surface area contributed by atoms with Gasteiger partial charge in [0.15, 0.2) is 0 Å². The lowest BCUT2D eigenvalue weighted by molar-refractivity contribution is 0.323. The van der Waals surface area contributed by atoms with Crippen LogP contribution < -0.4 is 15.0 Å². The van der Waals surface area contributed by atoms with Gasteiger partial charge in [0, 0.05) is 25.2 Å². The number of rotatable bonds is 6. The summed E-state index contributed by atoms with van der Waals surface area (Å²) in [5.74, 6) is 1.77. The molecule has 0 bridgehead atoms. The molecule has 1 N–H and O–H groups in total. The van der Waals surface area contributed by atoms with Crippen molar-refractivity contribution < 1.29 is 4.74 Å². The van der Waals surface area contributed by atoms with E-state index < -0.39 is 0 Å². The summed E-state index contributed by atoms with van der Waals surface area (Å²) >= 11 is 0. The van der Waals surface area contributed by atoms with Gasteiger partial charge in [-0.05, 0) is 39.5 Å². The number of aromatic nitrogens is 2. The van der Waals surface area contributed by atoms with Gasteiger partial charge in [-0.25, -0.2) is 9.97 Å². The molecule has 3 rings (SSSR count). The van der Waals surface area contributed by atoms with Gasteiger partial charge in [-0.1, -0.05) is 0 Å². The SMILES string of the molecule is CCOc1ncnc(N2CCCC2CNC2CC2)c1C. The van der Waals surface area contributed by atoms with Crippen molar-refractivity contribution in [2.45, 2.75) is 51.6 Å². The van der Waals surface area contributed by atoms with Crippen molar-refractivity contribution in [3.05, 3.63) is 11.9 Å². The molecule has 0 amide bonds. The highest BCUT2D eigenvalue weighted by atomic mass is 16.5. The molecule has 2 heterocycles. The predicted molar refractivity (Wildman–Crippen MR) is 79.3 cm³/mol. The molecule has 1 aliphatic carbocycles. The highest BCUT2D eigenvalue weighted by Gasteiger charge is 2.29. The van der Waals surface area contributed by atoms with Crippen molar-refractivity contribution in [1.82, 2.24) is 15.3 Å². The third-order valence-corrected chi connectivity index (χ3v) is 4.16. The molecule has 2 fully saturated rings. The Balaban J connectivity index is 1.74. The first kappa shape index (κ1) is 13.6. The first-order chi connectivity index (χ1) is 9.79. The van der Waals surface area contributed by atoms with E-state index in [4.69, 9.17) is 4.74 Å². The number of nitrogens with zero attached hydrogens (tertiary/aromatic N) is 3. The molecule has 5 nitrogen and oxygen atoms in total. The lowest BCUT2D eigenvalue weighted by Crippen LogP contribution is -2.39. The Morgan fingerprint density at radius 2 is 2.20 bits per heavy atom. The fraction of sp³-hybridized carbons (Fsp3) is 0.733. The summed E-state index contributed by atoms with van der Waals surface area (Å²) < 4.78 is 5.59. The third kappa shape index (κ3) is 2.87. The van der Waals surface area contributed by atoms with Crippen LogP contribution in [-0.2, 0) is 0 Å². The molecule has 1 unspecified atom stereocenters. The zero-order valence-corrected chi connectivity index (χ0v) is 12.4. The lowest BCUT2D eigenvalue weighted by atomic mass is 10.2. The van der Waals surface area contributed by atoms with E-state index in [-0.39, 0.29) is 0 Å². The van der Waals surface area contributed by atoms with Crippen LogP contribution in [0.5, 0.6) is 5.88 Å². The minimum absolute atomic E-state index is 0.554. The van der Waals surface area contributed by atoms with Gasteiger partial charge in [-0.15, -0.1) is 0 Å². The fourth-order valence-electron chi connectivity index (χ4n) is 2.91. The molecule has 0 spiro atoms. The summed E-state index contributed by atoms with van der Waals surface area (Å²) in [7, 11) is 0. The van der Waals surface area contributed by atoms with Gasteiger partial charge in [0.1, 0.15) is 12.1 Å². The summed E-state index contributed by atoms with van der Waals surface area (Å²) in [5, 5.41) is 3.64. The summed E-state index contributed by atoms with van der Waals surface area (Å²) in [4.78, 5) is 11.2. The molecule has 1 saturated carbocycles. The van der Waals surface area contributed by atoms with Crippen molar-refractivity contribution >= 4 is 5.82 Å². The maximum Gasteiger partial charge on any atom is 0.221 e. The van der Waals surface area contributed by atoms with E-state index in [1.54, 1.807) is 6.33 Å². The van der Waals surface area contributed by atoms with Crippen LogP contribution in [-0.4, -0.2) is 41.7 Å². The van der Waals surface area contributed by atoms with Gasteiger partial charge in [0.05, 0.1) is 12.2 Å². The van der Waals surface area contributed by atoms with Gasteiger partial charge in [-0.3, -0.25) is 0 Å². The van der Waals surface area contributed by atoms with E-state index in [9.17, 15) is 0 Å². The second-order valence-electron chi connectivity index (χ2n) is 5.73. The van der Waals surface area contributed by atoms with E-state index in [2.05, 4.69) is 27.1 Å². The monoisotopic (exact) mass is 276 g/mol. The molecule has 1 aromatic heterocycles. The number of hydrogen-bond donors (Lipinski definition) is 1. The van der Waals surface area contributed by atoms with Crippen LogP contribution in [0.25, 0.3) is 0 Å². The van der Waals surface area contributed by atoms with Crippen molar-refractivity contribution in [3.63, 3.8) is 0 Å². The minimum Gasteiger partial charge on any atom is -0.478 e. The quantitative estimate of drug-likeness (QED) is 0.860. The molecule has 1 aliphatic heterocycles. The van der Waals surface area contributed by atoms with Crippen LogP contribution >= 0.6 is 0 Å². The van der Waals surface area contributed by atoms with Crippen LogP contribution in [0.4, 0.5) is 5.82 Å². The van der Waals surface area contributed by atoms with Crippen LogP contribution in [0, 0.1) is 6.92 Å². The fourth-order valence-corrected chi connectivity index (χ4v) is 2.91. The topological polar surface area (TPSA) is 50.3 Å². The van der Waals surface area contributed by atoms with Crippen molar-refractivity contribution in [1.29, 1.82) is 0 Å². The maximum absolute atomic E-state index is 5.59. The third-order valence-electron chi connectivity index (χ3n) is 4.16. The Morgan fingerprint density at radius 1 is 1.35 bits per heavy atom. The maximum atomic E-state index is 5.59. The molecule has 1 saturated heterocycles. The Labute approximate surface area is 120 Å². The van der Waals surface area contributed by atoms with E-state index in [0.717, 1.165) is 36.4 Å². The normalized spacial score (nSPS) is 22.3. The van der Waals surface area contributed by atoms with Crippen LogP contribution in [0.3, 0.4) is 0 Å². The molecule has 5 heteroatoms. The van der Waals surface area contributed by atoms with Gasteiger partial charge in [0.2, 0.25) is 5.88 Å². The number of anilines is 1. The Hall–Kier alpha value is -1.36. The summed E-state index contributed by atoms with van der Waals surface area (Å²) in [6, 6.07) is 1.32. The van der Waals surface area contributed by atoms with Gasteiger partial charge in [0.25, 0.3) is 0 Å². The van der Waals surface area contributed by atoms with Crippen molar-refractivity contribution in [2.75, 3.05) is 24.6 Å². The second-order valence-corrected chi connectivity index (χ2v) is 5.73. The van der Waals surface area contributed by atoms with Crippen LogP contribution in [0.15, 0.2) is 6.33 Å². The van der Waals surface area contributed by atoms with Crippen LogP contribution in [0.2, 0.25) is 0 Å². The van der Waals surface area contributed by atoms with E-state index in [1.807, 2.05) is 6.92 Å². The molecule has 20 heavy (non-hydrogen) atoms. The molecule has 1 aromatic rings. The zero-order chi connectivity index (χ0) is 13.9. The first-order valence-electron chi connectivity index (χ1n) is 7.74. The molecule has 0 aromatic carbocycles. The van der Waals surface area contributed by atoms with Crippen molar-refractivity contribution in [2.24, 2.45) is 0 Å². The minimum atomic E-state index is 0.554. The zero-order valence-electron chi connectivity index (χ0n) is 12.4.